The van der Waals surface area contributed by atoms with Gasteiger partial charge in [0.2, 0.25) is 5.79 Å². The Bertz CT molecular complexity index is 568. The summed E-state index contributed by atoms with van der Waals surface area (Å²) in [6.07, 6.45) is 3.18. The van der Waals surface area contributed by atoms with Crippen molar-refractivity contribution in [1.82, 2.24) is 5.32 Å². The molecule has 0 radical (unpaired) electrons. The highest BCUT2D eigenvalue weighted by atomic mass is 28.4. The monoisotopic (exact) mass is 396 g/mol. The molecule has 0 saturated carbocycles. The summed E-state index contributed by atoms with van der Waals surface area (Å²) in [7, 11) is -0.0440. The van der Waals surface area contributed by atoms with Crippen molar-refractivity contribution in [3.8, 4) is 0 Å². The van der Waals surface area contributed by atoms with E-state index < -0.39 is 20.6 Å². The van der Waals surface area contributed by atoms with Crippen LogP contribution < -0.4 is 11.1 Å². The van der Waals surface area contributed by atoms with E-state index in [-0.39, 0.29) is 0 Å². The van der Waals surface area contributed by atoms with Crippen LogP contribution in [0.4, 0.5) is 0 Å². The Kier molecular flexibility index (Phi) is 10.3. The molecule has 1 unspecified atom stereocenters. The zero-order chi connectivity index (χ0) is 20.2. The molecule has 1 aromatic carbocycles. The average molecular weight is 397 g/mol. The molecule has 0 saturated heterocycles. The normalized spacial score (nSPS) is 13.6. The minimum atomic E-state index is -3.11. The lowest BCUT2D eigenvalue weighted by molar-refractivity contribution is -0.213. The van der Waals surface area contributed by atoms with Crippen molar-refractivity contribution in [3.63, 3.8) is 0 Å². The third-order valence-electron chi connectivity index (χ3n) is 4.08. The molecule has 1 rings (SSSR count). The molecule has 152 valence electrons. The molecule has 0 aliphatic rings. The van der Waals surface area contributed by atoms with E-state index in [4.69, 9.17) is 23.7 Å². The van der Waals surface area contributed by atoms with Crippen LogP contribution in [0.2, 0.25) is 6.04 Å². The fourth-order valence-electron chi connectivity index (χ4n) is 2.90. The molecule has 0 fully saturated rings. The van der Waals surface area contributed by atoms with E-state index in [1.807, 2.05) is 30.3 Å². The van der Waals surface area contributed by atoms with E-state index in [2.05, 4.69) is 11.9 Å². The lowest BCUT2D eigenvalue weighted by atomic mass is 10.0. The van der Waals surface area contributed by atoms with Crippen molar-refractivity contribution in [1.29, 1.82) is 0 Å². The highest BCUT2D eigenvalue weighted by Gasteiger charge is 2.49. The first-order valence-electron chi connectivity index (χ1n) is 9.03. The number of nitrogens with two attached hydrogens (primary N) is 1. The Morgan fingerprint density at radius 1 is 1.30 bits per heavy atom. The molecule has 7 nitrogen and oxygen atoms in total. The highest BCUT2D eigenvalue weighted by molar-refractivity contribution is 6.60. The van der Waals surface area contributed by atoms with Crippen molar-refractivity contribution in [2.24, 2.45) is 5.73 Å². The summed E-state index contributed by atoms with van der Waals surface area (Å²) in [6.45, 7) is 6.04. The summed E-state index contributed by atoms with van der Waals surface area (Å²) < 4.78 is 23.4. The number of carbonyl (C=O) groups excluding carboxylic acids is 1. The largest absolute Gasteiger partial charge is 0.504 e. The van der Waals surface area contributed by atoms with Crippen LogP contribution in [0.5, 0.6) is 0 Å². The van der Waals surface area contributed by atoms with Gasteiger partial charge in [0, 0.05) is 46.6 Å². The van der Waals surface area contributed by atoms with Gasteiger partial charge in [-0.1, -0.05) is 36.9 Å². The fraction of sp³-hybridized carbons (Fsp3) is 0.526. The van der Waals surface area contributed by atoms with Crippen LogP contribution in [0.3, 0.4) is 0 Å². The van der Waals surface area contributed by atoms with Crippen LogP contribution in [-0.2, 0) is 29.2 Å². The van der Waals surface area contributed by atoms with Gasteiger partial charge in [-0.2, -0.15) is 0 Å². The smallest absolute Gasteiger partial charge is 0.434 e. The van der Waals surface area contributed by atoms with Gasteiger partial charge in [0.05, 0.1) is 0 Å². The molecule has 1 aromatic rings. The van der Waals surface area contributed by atoms with Crippen LogP contribution in [-0.4, -0.2) is 47.9 Å². The lowest BCUT2D eigenvalue weighted by Gasteiger charge is -2.39. The number of nitrogens with one attached hydrogen (secondary N) is 1. The molecule has 27 heavy (non-hydrogen) atoms. The number of hydrogen-bond acceptors (Lipinski definition) is 7. The Balaban J connectivity index is 3.20. The standard InChI is InChI=1S/C19H32N2O5Si/c1-5-21-14-9-12-19(25-17(2)22,16-18-10-7-6-8-11-18)26-27(23-3,24-4)15-13-20/h5-8,10-11,21H,1,9,12-16,20H2,2-4H3. The Labute approximate surface area is 163 Å². The second-order valence-corrected chi connectivity index (χ2v) is 9.05. The number of esters is 1. The summed E-state index contributed by atoms with van der Waals surface area (Å²) in [5.74, 6) is -1.63. The van der Waals surface area contributed by atoms with E-state index in [0.29, 0.717) is 38.4 Å². The molecule has 3 N–H and O–H groups in total. The molecule has 0 bridgehead atoms. The fourth-order valence-corrected chi connectivity index (χ4v) is 4.88. The Hall–Kier alpha value is -1.71. The second kappa shape index (κ2) is 11.9. The zero-order valence-corrected chi connectivity index (χ0v) is 17.5. The van der Waals surface area contributed by atoms with Gasteiger partial charge in [-0.25, -0.2) is 0 Å². The third-order valence-corrected chi connectivity index (χ3v) is 6.91. The molecule has 0 spiro atoms. The van der Waals surface area contributed by atoms with E-state index >= 15 is 0 Å². The first kappa shape index (κ1) is 23.3. The lowest BCUT2D eigenvalue weighted by Crippen LogP contribution is -2.55. The van der Waals surface area contributed by atoms with Gasteiger partial charge in [0.25, 0.3) is 0 Å². The summed E-state index contributed by atoms with van der Waals surface area (Å²) in [5, 5.41) is 3.05. The Morgan fingerprint density at radius 3 is 2.48 bits per heavy atom. The number of benzene rings is 1. The molecule has 0 aliphatic heterocycles. The number of carbonyl (C=O) groups is 1. The summed E-state index contributed by atoms with van der Waals surface area (Å²) in [6, 6.07) is 10.2. The van der Waals surface area contributed by atoms with Gasteiger partial charge in [-0.05, 0) is 24.7 Å². The van der Waals surface area contributed by atoms with Gasteiger partial charge in [-0.3, -0.25) is 4.79 Å². The summed E-state index contributed by atoms with van der Waals surface area (Å²) >= 11 is 0. The van der Waals surface area contributed by atoms with E-state index in [1.165, 1.54) is 21.1 Å². The molecule has 0 heterocycles. The minimum absolute atomic E-state index is 0.341. The highest BCUT2D eigenvalue weighted by Crippen LogP contribution is 2.31. The van der Waals surface area contributed by atoms with Crippen molar-refractivity contribution in [2.45, 2.75) is 38.0 Å². The Morgan fingerprint density at radius 2 is 1.96 bits per heavy atom. The van der Waals surface area contributed by atoms with Crippen molar-refractivity contribution in [2.75, 3.05) is 27.3 Å². The zero-order valence-electron chi connectivity index (χ0n) is 16.5. The maximum absolute atomic E-state index is 11.9. The van der Waals surface area contributed by atoms with Crippen molar-refractivity contribution >= 4 is 14.8 Å². The molecule has 0 aromatic heterocycles. The molecule has 1 atom stereocenters. The van der Waals surface area contributed by atoms with Gasteiger partial charge in [-0.15, -0.1) is 0 Å². The van der Waals surface area contributed by atoms with Crippen LogP contribution in [0, 0.1) is 0 Å². The number of rotatable bonds is 14. The predicted octanol–water partition coefficient (Wildman–Crippen LogP) is 2.21. The first-order valence-corrected chi connectivity index (χ1v) is 11.0. The summed E-state index contributed by atoms with van der Waals surface area (Å²) in [4.78, 5) is 11.9. The van der Waals surface area contributed by atoms with Gasteiger partial charge in [0.15, 0.2) is 0 Å². The van der Waals surface area contributed by atoms with Gasteiger partial charge >= 0.3 is 14.8 Å². The third kappa shape index (κ3) is 7.82. The van der Waals surface area contributed by atoms with Crippen LogP contribution >= 0.6 is 0 Å². The van der Waals surface area contributed by atoms with Crippen molar-refractivity contribution in [3.05, 3.63) is 48.7 Å². The van der Waals surface area contributed by atoms with Gasteiger partial charge in [0.1, 0.15) is 0 Å². The SMILES string of the molecule is C=CNCCCC(Cc1ccccc1)(OC(C)=O)O[Si](CCN)(OC)OC. The first-order chi connectivity index (χ1) is 12.9. The van der Waals surface area contributed by atoms with E-state index in [1.54, 1.807) is 6.20 Å². The topological polar surface area (TPSA) is 92.0 Å². The number of hydrogen-bond donors (Lipinski definition) is 2. The van der Waals surface area contributed by atoms with Crippen LogP contribution in [0.25, 0.3) is 0 Å². The quantitative estimate of drug-likeness (QED) is 0.216. The maximum atomic E-state index is 11.9. The minimum Gasteiger partial charge on any atom is -0.434 e. The molecular weight excluding hydrogens is 364 g/mol. The second-order valence-electron chi connectivity index (χ2n) is 6.16. The maximum Gasteiger partial charge on any atom is 0.504 e. The van der Waals surface area contributed by atoms with Crippen LogP contribution in [0.15, 0.2) is 43.1 Å². The molecule has 0 amide bonds. The van der Waals surface area contributed by atoms with E-state index in [0.717, 1.165) is 5.56 Å². The number of ether oxygens (including phenoxy) is 1. The van der Waals surface area contributed by atoms with Gasteiger partial charge < -0.3 is 29.1 Å². The summed E-state index contributed by atoms with van der Waals surface area (Å²) in [5.41, 5.74) is 6.73. The van der Waals surface area contributed by atoms with Crippen LogP contribution in [0.1, 0.15) is 25.3 Å². The molecular formula is C19H32N2O5Si. The van der Waals surface area contributed by atoms with E-state index in [9.17, 15) is 4.79 Å². The predicted molar refractivity (Wildman–Crippen MR) is 107 cm³/mol. The molecule has 8 heteroatoms. The van der Waals surface area contributed by atoms with Crippen molar-refractivity contribution < 1.29 is 22.8 Å². The molecule has 0 aliphatic carbocycles. The average Bonchev–Trinajstić information content (AvgIpc) is 2.65.